The molecule has 0 saturated carbocycles. The van der Waals surface area contributed by atoms with Crippen LogP contribution in [0.5, 0.6) is 5.75 Å². The maximum Gasteiger partial charge on any atom is 0.315 e. The fourth-order valence-corrected chi connectivity index (χ4v) is 1.74. The van der Waals surface area contributed by atoms with E-state index < -0.39 is 0 Å². The van der Waals surface area contributed by atoms with Crippen LogP contribution in [-0.2, 0) is 6.42 Å². The molecule has 2 amide bonds. The second-order valence-corrected chi connectivity index (χ2v) is 4.25. The van der Waals surface area contributed by atoms with E-state index in [1.54, 1.807) is 6.08 Å². The lowest BCUT2D eigenvalue weighted by atomic mass is 10.0. The highest BCUT2D eigenvalue weighted by atomic mass is 16.3. The van der Waals surface area contributed by atoms with E-state index in [4.69, 9.17) is 0 Å². The number of hydrogen-bond donors (Lipinski definition) is 3. The van der Waals surface area contributed by atoms with Crippen molar-refractivity contribution >= 4 is 6.03 Å². The number of benzene rings is 1. The van der Waals surface area contributed by atoms with E-state index in [1.807, 2.05) is 26.0 Å². The maximum absolute atomic E-state index is 11.3. The Bertz CT molecular complexity index is 418. The van der Waals surface area contributed by atoms with E-state index in [0.29, 0.717) is 18.8 Å². The number of phenols is 1. The van der Waals surface area contributed by atoms with Gasteiger partial charge in [-0.25, -0.2) is 4.79 Å². The van der Waals surface area contributed by atoms with Gasteiger partial charge in [0, 0.05) is 13.1 Å². The highest BCUT2D eigenvalue weighted by Crippen LogP contribution is 2.22. The van der Waals surface area contributed by atoms with Crippen molar-refractivity contribution in [3.63, 3.8) is 0 Å². The van der Waals surface area contributed by atoms with Crippen molar-refractivity contribution in [1.29, 1.82) is 0 Å². The molecule has 0 unspecified atom stereocenters. The van der Waals surface area contributed by atoms with Crippen molar-refractivity contribution in [2.75, 3.05) is 13.1 Å². The van der Waals surface area contributed by atoms with Crippen LogP contribution in [0.15, 0.2) is 24.8 Å². The molecule has 0 aliphatic heterocycles. The van der Waals surface area contributed by atoms with Crippen LogP contribution in [0.2, 0.25) is 0 Å². The van der Waals surface area contributed by atoms with Crippen LogP contribution in [0.3, 0.4) is 0 Å². The van der Waals surface area contributed by atoms with Gasteiger partial charge >= 0.3 is 6.03 Å². The molecule has 4 heteroatoms. The zero-order chi connectivity index (χ0) is 13.5. The quantitative estimate of drug-likeness (QED) is 0.698. The molecule has 1 aromatic carbocycles. The van der Waals surface area contributed by atoms with E-state index in [0.717, 1.165) is 23.1 Å². The summed E-state index contributed by atoms with van der Waals surface area (Å²) in [6, 6.07) is 3.68. The molecule has 0 atom stereocenters. The van der Waals surface area contributed by atoms with Crippen LogP contribution < -0.4 is 10.6 Å². The van der Waals surface area contributed by atoms with Gasteiger partial charge in [0.05, 0.1) is 0 Å². The van der Waals surface area contributed by atoms with Crippen LogP contribution in [0, 0.1) is 13.8 Å². The fourth-order valence-electron chi connectivity index (χ4n) is 1.74. The predicted octanol–water partition coefficient (Wildman–Crippen LogP) is 2.04. The predicted molar refractivity (Wildman–Crippen MR) is 72.9 cm³/mol. The van der Waals surface area contributed by atoms with Gasteiger partial charge in [0.2, 0.25) is 0 Å². The van der Waals surface area contributed by atoms with Crippen LogP contribution in [0.1, 0.15) is 16.7 Å². The smallest absolute Gasteiger partial charge is 0.315 e. The molecule has 3 N–H and O–H groups in total. The summed E-state index contributed by atoms with van der Waals surface area (Å²) < 4.78 is 0. The van der Waals surface area contributed by atoms with Crippen molar-refractivity contribution in [1.82, 2.24) is 10.6 Å². The Balaban J connectivity index is 2.44. The normalized spacial score (nSPS) is 9.89. The molecule has 0 fully saturated rings. The van der Waals surface area contributed by atoms with Crippen molar-refractivity contribution in [3.8, 4) is 5.75 Å². The molecule has 98 valence electrons. The van der Waals surface area contributed by atoms with Crippen LogP contribution in [0.4, 0.5) is 4.79 Å². The van der Waals surface area contributed by atoms with Crippen molar-refractivity contribution in [2.45, 2.75) is 20.3 Å². The molecule has 0 aliphatic rings. The Hall–Kier alpha value is -1.97. The molecule has 4 nitrogen and oxygen atoms in total. The number of carbonyl (C=O) groups is 1. The first-order valence-corrected chi connectivity index (χ1v) is 5.96. The lowest BCUT2D eigenvalue weighted by Crippen LogP contribution is -2.36. The van der Waals surface area contributed by atoms with Gasteiger partial charge in [0.15, 0.2) is 0 Å². The summed E-state index contributed by atoms with van der Waals surface area (Å²) in [7, 11) is 0. The zero-order valence-corrected chi connectivity index (χ0v) is 10.9. The highest BCUT2D eigenvalue weighted by Gasteiger charge is 2.04. The Morgan fingerprint density at radius 1 is 1.33 bits per heavy atom. The number of aromatic hydroxyl groups is 1. The Labute approximate surface area is 108 Å². The van der Waals surface area contributed by atoms with Gasteiger partial charge in [0.1, 0.15) is 5.75 Å². The summed E-state index contributed by atoms with van der Waals surface area (Å²) in [6.07, 6.45) is 2.37. The average Bonchev–Trinajstić information content (AvgIpc) is 2.33. The monoisotopic (exact) mass is 248 g/mol. The summed E-state index contributed by atoms with van der Waals surface area (Å²) in [5.74, 6) is 0.343. The minimum absolute atomic E-state index is 0.192. The Morgan fingerprint density at radius 2 is 1.94 bits per heavy atom. The summed E-state index contributed by atoms with van der Waals surface area (Å²) in [4.78, 5) is 11.3. The number of aryl methyl sites for hydroxylation is 2. The second kappa shape index (κ2) is 6.69. The number of rotatable bonds is 5. The van der Waals surface area contributed by atoms with Gasteiger partial charge in [-0.2, -0.15) is 0 Å². The molecular weight excluding hydrogens is 228 g/mol. The molecule has 1 rings (SSSR count). The molecule has 0 heterocycles. The molecular formula is C14H20N2O2. The van der Waals surface area contributed by atoms with Crippen molar-refractivity contribution < 1.29 is 9.90 Å². The topological polar surface area (TPSA) is 61.4 Å². The van der Waals surface area contributed by atoms with E-state index >= 15 is 0 Å². The van der Waals surface area contributed by atoms with E-state index in [-0.39, 0.29) is 6.03 Å². The van der Waals surface area contributed by atoms with Gasteiger partial charge < -0.3 is 15.7 Å². The van der Waals surface area contributed by atoms with E-state index in [2.05, 4.69) is 17.2 Å². The van der Waals surface area contributed by atoms with Crippen LogP contribution in [0.25, 0.3) is 0 Å². The number of carbonyl (C=O) groups excluding carboxylic acids is 1. The van der Waals surface area contributed by atoms with E-state index in [9.17, 15) is 9.90 Å². The molecule has 0 aliphatic carbocycles. The molecule has 18 heavy (non-hydrogen) atoms. The Morgan fingerprint density at radius 3 is 2.50 bits per heavy atom. The molecule has 0 spiro atoms. The minimum Gasteiger partial charge on any atom is -0.507 e. The van der Waals surface area contributed by atoms with Crippen LogP contribution >= 0.6 is 0 Å². The first-order chi connectivity index (χ1) is 8.54. The van der Waals surface area contributed by atoms with Gasteiger partial charge in [-0.3, -0.25) is 0 Å². The summed E-state index contributed by atoms with van der Waals surface area (Å²) in [6.45, 7) is 8.29. The third kappa shape index (κ3) is 4.13. The molecule has 0 aromatic heterocycles. The zero-order valence-electron chi connectivity index (χ0n) is 10.9. The Kier molecular flexibility index (Phi) is 5.24. The summed E-state index contributed by atoms with van der Waals surface area (Å²) in [5, 5.41) is 15.1. The highest BCUT2D eigenvalue weighted by molar-refractivity contribution is 5.73. The fraction of sp³-hybridized carbons (Fsp3) is 0.357. The number of hydrogen-bond acceptors (Lipinski definition) is 2. The number of amides is 2. The summed E-state index contributed by atoms with van der Waals surface area (Å²) in [5.41, 5.74) is 2.83. The first-order valence-electron chi connectivity index (χ1n) is 5.96. The average molecular weight is 248 g/mol. The molecule has 1 aromatic rings. The molecule has 0 saturated heterocycles. The lowest BCUT2D eigenvalue weighted by molar-refractivity contribution is 0.242. The van der Waals surface area contributed by atoms with Crippen LogP contribution in [-0.4, -0.2) is 24.2 Å². The standard InChI is InChI=1S/C14H20N2O2/c1-4-6-15-14(18)16-7-5-12-8-10(2)13(17)11(3)9-12/h4,8-9,17H,1,5-7H2,2-3H3,(H2,15,16,18). The van der Waals surface area contributed by atoms with Gasteiger partial charge in [0.25, 0.3) is 0 Å². The third-order valence-corrected chi connectivity index (χ3v) is 2.66. The SMILES string of the molecule is C=CCNC(=O)NCCc1cc(C)c(O)c(C)c1. The molecule has 0 radical (unpaired) electrons. The van der Waals surface area contributed by atoms with Gasteiger partial charge in [-0.05, 0) is 37.0 Å². The number of phenolic OH excluding ortho intramolecular Hbond substituents is 1. The molecule has 0 bridgehead atoms. The third-order valence-electron chi connectivity index (χ3n) is 2.66. The largest absolute Gasteiger partial charge is 0.507 e. The second-order valence-electron chi connectivity index (χ2n) is 4.25. The van der Waals surface area contributed by atoms with Crippen molar-refractivity contribution in [3.05, 3.63) is 41.5 Å². The first kappa shape index (κ1) is 14.1. The minimum atomic E-state index is -0.192. The van der Waals surface area contributed by atoms with Gasteiger partial charge in [-0.15, -0.1) is 6.58 Å². The maximum atomic E-state index is 11.3. The number of urea groups is 1. The van der Waals surface area contributed by atoms with Crippen molar-refractivity contribution in [2.24, 2.45) is 0 Å². The van der Waals surface area contributed by atoms with E-state index in [1.165, 1.54) is 0 Å². The number of nitrogens with one attached hydrogen (secondary N) is 2. The lowest BCUT2D eigenvalue weighted by Gasteiger charge is -2.09. The van der Waals surface area contributed by atoms with Gasteiger partial charge in [-0.1, -0.05) is 18.2 Å². The summed E-state index contributed by atoms with van der Waals surface area (Å²) >= 11 is 0.